The summed E-state index contributed by atoms with van der Waals surface area (Å²) in [6, 6.07) is 58.3. The monoisotopic (exact) mass is 1400 g/mol. The highest BCUT2D eigenvalue weighted by Crippen LogP contribution is 2.66. The summed E-state index contributed by atoms with van der Waals surface area (Å²) in [5.74, 6) is -3.39. The van der Waals surface area contributed by atoms with Crippen molar-refractivity contribution in [1.82, 2.24) is 9.80 Å². The summed E-state index contributed by atoms with van der Waals surface area (Å²) in [5, 5.41) is 8.01. The lowest BCUT2D eigenvalue weighted by atomic mass is 9.62. The number of likely N-dealkylation sites (tertiary alicyclic amines) is 2. The molecular weight excluding hydrogens is 1330 g/mol. The predicted molar refractivity (Wildman–Crippen MR) is 364 cm³/mol. The van der Waals surface area contributed by atoms with Crippen molar-refractivity contribution in [2.24, 2.45) is 10.8 Å². The van der Waals surface area contributed by atoms with Crippen molar-refractivity contribution in [2.75, 3.05) is 21.3 Å². The van der Waals surface area contributed by atoms with E-state index in [2.05, 4.69) is 142 Å². The van der Waals surface area contributed by atoms with Gasteiger partial charge in [-0.25, -0.2) is 8.78 Å². The SMILES string of the molecule is CC(C)(C)CC1N(C(c2ccccc2)C(OC(c2ccccc2)C(c2ccccc2)N2C(CBr)C(c3cccc(Cl)c3F)C3(C(=O)Nc4cc(Cl)ccc43)C2CC(C)(C)C)c2ccccc2)C(CBr)C(c2cccc(Cl)c2F)C12C(=O)Nc1cc(Cl)ccc12. The first kappa shape index (κ1) is 63.7. The Labute approximate surface area is 558 Å². The Morgan fingerprint density at radius 1 is 0.483 bits per heavy atom. The molecule has 0 aromatic heterocycles. The second-order valence-corrected chi connectivity index (χ2v) is 29.7. The van der Waals surface area contributed by atoms with E-state index in [4.69, 9.17) is 51.1 Å². The van der Waals surface area contributed by atoms with Gasteiger partial charge in [-0.05, 0) is 105 Å². The molecule has 4 heterocycles. The summed E-state index contributed by atoms with van der Waals surface area (Å²) in [6.45, 7) is 13.1. The Morgan fingerprint density at radius 3 is 1.15 bits per heavy atom. The van der Waals surface area contributed by atoms with Gasteiger partial charge in [0.1, 0.15) is 34.7 Å². The van der Waals surface area contributed by atoms with Crippen molar-refractivity contribution in [3.8, 4) is 0 Å². The zero-order valence-corrected chi connectivity index (χ0v) is 56.4. The third-order valence-electron chi connectivity index (χ3n) is 19.0. The van der Waals surface area contributed by atoms with Crippen LogP contribution in [0, 0.1) is 22.5 Å². The Kier molecular flexibility index (Phi) is 18.1. The minimum Gasteiger partial charge on any atom is -0.362 e. The maximum atomic E-state index is 17.7. The molecular formula is C74H70Br2Cl4F2N4O3. The number of amides is 2. The molecule has 2 fully saturated rings. The van der Waals surface area contributed by atoms with Crippen molar-refractivity contribution >= 4 is 101 Å². The number of nitrogens with one attached hydrogen (secondary N) is 2. The average molecular weight is 1400 g/mol. The van der Waals surface area contributed by atoms with Gasteiger partial charge in [-0.1, -0.05) is 278 Å². The van der Waals surface area contributed by atoms with Gasteiger partial charge in [0.2, 0.25) is 11.8 Å². The Morgan fingerprint density at radius 2 is 0.820 bits per heavy atom. The van der Waals surface area contributed by atoms with Gasteiger partial charge in [0.05, 0.1) is 22.1 Å². The number of rotatable bonds is 16. The van der Waals surface area contributed by atoms with E-state index in [0.29, 0.717) is 67.2 Å². The Balaban J connectivity index is 1.16. The topological polar surface area (TPSA) is 73.9 Å². The number of carbonyl (C=O) groups excluding carboxylic acids is 2. The second kappa shape index (κ2) is 25.2. The summed E-state index contributed by atoms with van der Waals surface area (Å²) in [4.78, 5) is 37.2. The maximum Gasteiger partial charge on any atom is 0.237 e. The zero-order valence-electron chi connectivity index (χ0n) is 50.2. The van der Waals surface area contributed by atoms with Gasteiger partial charge in [0, 0.05) is 68.1 Å². The second-order valence-electron chi connectivity index (χ2n) is 26.7. The van der Waals surface area contributed by atoms with Gasteiger partial charge in [0.25, 0.3) is 0 Å². The minimum atomic E-state index is -1.43. The van der Waals surface area contributed by atoms with E-state index < -0.39 is 93.6 Å². The number of fused-ring (bicyclic) bond motifs is 4. The molecule has 0 aliphatic carbocycles. The van der Waals surface area contributed by atoms with Crippen molar-refractivity contribution < 1.29 is 23.1 Å². The van der Waals surface area contributed by atoms with Crippen LogP contribution in [0.25, 0.3) is 0 Å². The molecule has 8 aromatic rings. The van der Waals surface area contributed by atoms with Crippen LogP contribution >= 0.6 is 78.3 Å². The molecule has 2 saturated heterocycles. The molecule has 2 N–H and O–H groups in total. The van der Waals surface area contributed by atoms with E-state index in [1.165, 1.54) is 0 Å². The number of benzene rings is 8. The van der Waals surface area contributed by atoms with E-state index in [-0.39, 0.29) is 21.9 Å². The average Bonchev–Trinajstić information content (AvgIpc) is 1.53. The van der Waals surface area contributed by atoms with Crippen LogP contribution in [0.15, 0.2) is 194 Å². The first-order valence-corrected chi connectivity index (χ1v) is 34.0. The first-order valence-electron chi connectivity index (χ1n) is 30.3. The van der Waals surface area contributed by atoms with Gasteiger partial charge in [-0.3, -0.25) is 19.4 Å². The molecule has 2 amide bonds. The quantitative estimate of drug-likeness (QED) is 0.0943. The number of hydrogen-bond acceptors (Lipinski definition) is 5. The maximum absolute atomic E-state index is 17.7. The normalized spacial score (nSPS) is 24.8. The summed E-state index contributed by atoms with van der Waals surface area (Å²) in [7, 11) is 0. The predicted octanol–water partition coefficient (Wildman–Crippen LogP) is 20.0. The fourth-order valence-corrected chi connectivity index (χ4v) is 18.0. The molecule has 0 saturated carbocycles. The van der Waals surface area contributed by atoms with Gasteiger partial charge < -0.3 is 15.4 Å². The first-order chi connectivity index (χ1) is 42.6. The van der Waals surface area contributed by atoms with E-state index >= 15 is 18.4 Å². The molecule has 2 spiro atoms. The fraction of sp³-hybridized carbons (Fsp3) is 0.324. The van der Waals surface area contributed by atoms with Crippen LogP contribution in [-0.2, 0) is 25.2 Å². The molecule has 12 unspecified atom stereocenters. The summed E-state index contributed by atoms with van der Waals surface area (Å²) in [6.07, 6.45) is -0.825. The number of nitrogens with zero attached hydrogens (tertiary/aromatic N) is 2. The van der Waals surface area contributed by atoms with Crippen LogP contribution in [-0.4, -0.2) is 56.4 Å². The smallest absolute Gasteiger partial charge is 0.237 e. The van der Waals surface area contributed by atoms with Crippen molar-refractivity contribution in [3.05, 3.63) is 270 Å². The third-order valence-corrected chi connectivity index (χ3v) is 21.4. The molecule has 4 aliphatic rings. The lowest BCUT2D eigenvalue weighted by Gasteiger charge is -2.48. The number of halogens is 8. The number of carbonyl (C=O) groups is 2. The van der Waals surface area contributed by atoms with Crippen molar-refractivity contribution in [3.63, 3.8) is 0 Å². The Bertz CT molecular complexity index is 3670. The summed E-state index contributed by atoms with van der Waals surface area (Å²) in [5.41, 5.74) is 2.95. The molecule has 8 aromatic carbocycles. The van der Waals surface area contributed by atoms with Crippen LogP contribution in [0.3, 0.4) is 0 Å². The van der Waals surface area contributed by atoms with Gasteiger partial charge in [0.15, 0.2) is 0 Å². The fourth-order valence-electron chi connectivity index (χ4n) is 15.9. The van der Waals surface area contributed by atoms with Crippen LogP contribution in [0.4, 0.5) is 20.2 Å². The van der Waals surface area contributed by atoms with Crippen LogP contribution in [0.5, 0.6) is 0 Å². The largest absolute Gasteiger partial charge is 0.362 e. The summed E-state index contributed by atoms with van der Waals surface area (Å²) < 4.78 is 43.9. The van der Waals surface area contributed by atoms with E-state index in [9.17, 15) is 0 Å². The molecule has 12 atom stereocenters. The number of hydrogen-bond donors (Lipinski definition) is 2. The van der Waals surface area contributed by atoms with E-state index in [1.807, 2.05) is 97.1 Å². The molecule has 12 rings (SSSR count). The van der Waals surface area contributed by atoms with E-state index in [1.54, 1.807) is 48.5 Å². The number of alkyl halides is 2. The van der Waals surface area contributed by atoms with E-state index in [0.717, 1.165) is 22.3 Å². The highest BCUT2D eigenvalue weighted by molar-refractivity contribution is 9.09. The zero-order chi connectivity index (χ0) is 62.9. The molecule has 4 aliphatic heterocycles. The molecule has 89 heavy (non-hydrogen) atoms. The lowest BCUT2D eigenvalue weighted by molar-refractivity contribution is -0.128. The standard InChI is InChI=1S/C74H70Br2Cl4F2N4O3/c1-71(2,3)39-59-73(51-35-33-47(77)37-55(51)83-69(73)87)61(49-29-19-31-53(79)63(49)81)57(41-75)85(59)65(43-21-11-7-12-22-43)67(45-25-15-9-16-26-45)89-68(46-27-17-10-18-28-46)66(44-23-13-8-14-24-44)86-58(42-76)62(50-30-20-32-54(80)64(50)82)74(60(86)40-72(4,5)6)52-36-34-48(78)38-56(52)84-70(74)88/h7-38,57-62,65-68H,39-42H2,1-6H3,(H,83,87)(H,84,88). The highest BCUT2D eigenvalue weighted by Gasteiger charge is 2.71. The van der Waals surface area contributed by atoms with Crippen molar-refractivity contribution in [1.29, 1.82) is 0 Å². The highest BCUT2D eigenvalue weighted by atomic mass is 79.9. The molecule has 0 radical (unpaired) electrons. The van der Waals surface area contributed by atoms with Crippen LogP contribution in [0.1, 0.15) is 135 Å². The van der Waals surface area contributed by atoms with Crippen LogP contribution < -0.4 is 10.6 Å². The van der Waals surface area contributed by atoms with Crippen molar-refractivity contribution in [2.45, 2.75) is 126 Å². The van der Waals surface area contributed by atoms with Gasteiger partial charge in [-0.15, -0.1) is 0 Å². The van der Waals surface area contributed by atoms with Gasteiger partial charge in [-0.2, -0.15) is 0 Å². The summed E-state index contributed by atoms with van der Waals surface area (Å²) >= 11 is 35.5. The molecule has 7 nitrogen and oxygen atoms in total. The third kappa shape index (κ3) is 11.2. The number of ether oxygens (including phenoxy) is 1. The lowest BCUT2D eigenvalue weighted by Crippen LogP contribution is -2.53. The van der Waals surface area contributed by atoms with Gasteiger partial charge >= 0.3 is 0 Å². The van der Waals surface area contributed by atoms with Crippen LogP contribution in [0.2, 0.25) is 20.1 Å². The minimum absolute atomic E-state index is 0.0489. The molecule has 0 bridgehead atoms. The molecule has 460 valence electrons. The molecule has 15 heteroatoms. The number of anilines is 2. The Hall–Kier alpha value is -5.44.